The fraction of sp³-hybridized carbons (Fsp3) is 0.565. The molecule has 6 heteroatoms. The van der Waals surface area contributed by atoms with Crippen LogP contribution in [-0.4, -0.2) is 55.1 Å². The van der Waals surface area contributed by atoms with Crippen LogP contribution in [0.3, 0.4) is 0 Å². The van der Waals surface area contributed by atoms with Gasteiger partial charge in [-0.1, -0.05) is 37.3 Å². The Morgan fingerprint density at radius 2 is 1.59 bits per heavy atom. The first-order chi connectivity index (χ1) is 14.2. The highest BCUT2D eigenvalue weighted by Crippen LogP contribution is 2.34. The van der Waals surface area contributed by atoms with Gasteiger partial charge in [0.1, 0.15) is 5.82 Å². The lowest BCUT2D eigenvalue weighted by molar-refractivity contribution is -0.169. The van der Waals surface area contributed by atoms with E-state index in [1.165, 1.54) is 12.8 Å². The molecule has 0 unspecified atom stereocenters. The number of aromatic nitrogens is 2. The molecule has 154 valence electrons. The van der Waals surface area contributed by atoms with Crippen LogP contribution in [0.4, 0.5) is 11.8 Å². The molecule has 1 aromatic carbocycles. The molecule has 29 heavy (non-hydrogen) atoms. The largest absolute Gasteiger partial charge is 0.356 e. The van der Waals surface area contributed by atoms with Gasteiger partial charge in [0.2, 0.25) is 5.95 Å². The van der Waals surface area contributed by atoms with Crippen molar-refractivity contribution in [1.29, 1.82) is 0 Å². The Morgan fingerprint density at radius 3 is 2.28 bits per heavy atom. The molecule has 6 nitrogen and oxygen atoms in total. The van der Waals surface area contributed by atoms with Crippen LogP contribution in [-0.2, 0) is 9.47 Å². The summed E-state index contributed by atoms with van der Waals surface area (Å²) >= 11 is 0. The van der Waals surface area contributed by atoms with Crippen LogP contribution in [0.25, 0.3) is 11.3 Å². The van der Waals surface area contributed by atoms with Crippen LogP contribution < -0.4 is 9.80 Å². The first kappa shape index (κ1) is 18.8. The van der Waals surface area contributed by atoms with Gasteiger partial charge in [-0.15, -0.1) is 0 Å². The second kappa shape index (κ2) is 7.92. The van der Waals surface area contributed by atoms with Crippen LogP contribution in [0.15, 0.2) is 36.4 Å². The molecule has 1 spiro atoms. The third kappa shape index (κ3) is 3.96. The highest BCUT2D eigenvalue weighted by molar-refractivity contribution is 5.65. The van der Waals surface area contributed by atoms with Gasteiger partial charge in [0, 0.05) is 50.7 Å². The van der Waals surface area contributed by atoms with Crippen molar-refractivity contribution in [3.8, 4) is 11.3 Å². The molecule has 3 saturated heterocycles. The maximum Gasteiger partial charge on any atom is 0.227 e. The lowest BCUT2D eigenvalue weighted by atomic mass is 9.99. The number of nitrogens with zero attached hydrogens (tertiary/aromatic N) is 4. The summed E-state index contributed by atoms with van der Waals surface area (Å²) in [5.41, 5.74) is 2.14. The van der Waals surface area contributed by atoms with Crippen molar-refractivity contribution < 1.29 is 9.47 Å². The second-order valence-electron chi connectivity index (χ2n) is 8.54. The van der Waals surface area contributed by atoms with E-state index in [1.807, 2.05) is 6.07 Å². The quantitative estimate of drug-likeness (QED) is 0.791. The highest BCUT2D eigenvalue weighted by atomic mass is 16.7. The molecule has 0 aliphatic carbocycles. The van der Waals surface area contributed by atoms with Crippen molar-refractivity contribution in [3.05, 3.63) is 36.4 Å². The van der Waals surface area contributed by atoms with Crippen molar-refractivity contribution in [1.82, 2.24) is 9.97 Å². The molecular formula is C23H30N4O2. The number of ether oxygens (including phenoxy) is 2. The predicted octanol–water partition coefficient (Wildman–Crippen LogP) is 3.72. The summed E-state index contributed by atoms with van der Waals surface area (Å²) in [5, 5.41) is 0. The number of piperidine rings is 2. The molecule has 1 aromatic heterocycles. The molecule has 0 bridgehead atoms. The van der Waals surface area contributed by atoms with Gasteiger partial charge in [0.05, 0.1) is 18.9 Å². The van der Waals surface area contributed by atoms with E-state index < -0.39 is 0 Å². The van der Waals surface area contributed by atoms with E-state index >= 15 is 0 Å². The van der Waals surface area contributed by atoms with Crippen LogP contribution in [0.2, 0.25) is 0 Å². The average molecular weight is 395 g/mol. The monoisotopic (exact) mass is 394 g/mol. The van der Waals surface area contributed by atoms with Crippen molar-refractivity contribution in [3.63, 3.8) is 0 Å². The van der Waals surface area contributed by atoms with E-state index in [0.29, 0.717) is 13.2 Å². The minimum Gasteiger partial charge on any atom is -0.356 e. The summed E-state index contributed by atoms with van der Waals surface area (Å²) in [5.74, 6) is 2.30. The van der Waals surface area contributed by atoms with E-state index in [4.69, 9.17) is 19.4 Å². The van der Waals surface area contributed by atoms with E-state index in [0.717, 1.165) is 68.0 Å². The molecule has 5 rings (SSSR count). The van der Waals surface area contributed by atoms with Gasteiger partial charge in [0.15, 0.2) is 5.79 Å². The van der Waals surface area contributed by atoms with Crippen molar-refractivity contribution >= 4 is 11.8 Å². The number of hydrogen-bond acceptors (Lipinski definition) is 6. The molecule has 2 aromatic rings. The van der Waals surface area contributed by atoms with Crippen LogP contribution in [0.5, 0.6) is 0 Å². The molecule has 0 atom stereocenters. The minimum absolute atomic E-state index is 0.376. The van der Waals surface area contributed by atoms with Crippen molar-refractivity contribution in [2.45, 2.75) is 38.4 Å². The first-order valence-corrected chi connectivity index (χ1v) is 10.9. The molecule has 4 heterocycles. The zero-order chi connectivity index (χ0) is 19.7. The molecular weight excluding hydrogens is 364 g/mol. The average Bonchev–Trinajstić information content (AvgIpc) is 3.23. The summed E-state index contributed by atoms with van der Waals surface area (Å²) < 4.78 is 11.8. The fourth-order valence-electron chi connectivity index (χ4n) is 4.55. The summed E-state index contributed by atoms with van der Waals surface area (Å²) in [6.07, 6.45) is 4.17. The number of anilines is 2. The Bertz CT molecular complexity index is 820. The van der Waals surface area contributed by atoms with Gasteiger partial charge in [0.25, 0.3) is 0 Å². The van der Waals surface area contributed by atoms with E-state index in [1.54, 1.807) is 0 Å². The summed E-state index contributed by atoms with van der Waals surface area (Å²) in [4.78, 5) is 14.7. The molecule has 0 N–H and O–H groups in total. The Balaban J connectivity index is 1.43. The maximum atomic E-state index is 5.89. The smallest absolute Gasteiger partial charge is 0.227 e. The Labute approximate surface area is 172 Å². The first-order valence-electron chi connectivity index (χ1n) is 10.9. The topological polar surface area (TPSA) is 50.7 Å². The highest BCUT2D eigenvalue weighted by Gasteiger charge is 2.40. The molecule has 3 aliphatic rings. The fourth-order valence-corrected chi connectivity index (χ4v) is 4.55. The molecule has 0 amide bonds. The maximum absolute atomic E-state index is 5.89. The molecule has 0 saturated carbocycles. The Kier molecular flexibility index (Phi) is 5.14. The van der Waals surface area contributed by atoms with Gasteiger partial charge >= 0.3 is 0 Å². The molecule has 3 aliphatic heterocycles. The van der Waals surface area contributed by atoms with Crippen molar-refractivity contribution in [2.24, 2.45) is 5.92 Å². The van der Waals surface area contributed by atoms with Crippen molar-refractivity contribution in [2.75, 3.05) is 49.2 Å². The normalized spacial score (nSPS) is 22.4. The third-order valence-electron chi connectivity index (χ3n) is 6.50. The van der Waals surface area contributed by atoms with Crippen LogP contribution in [0.1, 0.15) is 32.6 Å². The molecule has 3 fully saturated rings. The number of hydrogen-bond donors (Lipinski definition) is 0. The number of rotatable bonds is 3. The second-order valence-corrected chi connectivity index (χ2v) is 8.54. The van der Waals surface area contributed by atoms with E-state index in [9.17, 15) is 0 Å². The summed E-state index contributed by atoms with van der Waals surface area (Å²) in [6.45, 7) is 7.60. The SMILES string of the molecule is CC1CCN(c2cc(-c3ccccc3)nc(N3CCC4(CC3)OCCO4)n2)CC1. The predicted molar refractivity (Wildman–Crippen MR) is 114 cm³/mol. The standard InChI is InChI=1S/C23H30N4O2/c1-18-7-11-26(12-8-18)21-17-20(19-5-3-2-4-6-19)24-22(25-21)27-13-9-23(10-14-27)28-15-16-29-23/h2-6,17-18H,7-16H2,1H3. The Hall–Kier alpha value is -2.18. The van der Waals surface area contributed by atoms with E-state index in [2.05, 4.69) is 47.1 Å². The van der Waals surface area contributed by atoms with Gasteiger partial charge in [-0.25, -0.2) is 4.98 Å². The lowest BCUT2D eigenvalue weighted by Crippen LogP contribution is -2.46. The number of benzene rings is 1. The van der Waals surface area contributed by atoms with Gasteiger partial charge in [-0.3, -0.25) is 0 Å². The van der Waals surface area contributed by atoms with E-state index in [-0.39, 0.29) is 5.79 Å². The third-order valence-corrected chi connectivity index (χ3v) is 6.50. The summed E-state index contributed by atoms with van der Waals surface area (Å²) in [6, 6.07) is 12.6. The summed E-state index contributed by atoms with van der Waals surface area (Å²) in [7, 11) is 0. The van der Waals surface area contributed by atoms with Crippen LogP contribution in [0, 0.1) is 5.92 Å². The van der Waals surface area contributed by atoms with Gasteiger partial charge < -0.3 is 19.3 Å². The van der Waals surface area contributed by atoms with Gasteiger partial charge in [-0.05, 0) is 18.8 Å². The zero-order valence-corrected chi connectivity index (χ0v) is 17.2. The van der Waals surface area contributed by atoms with Gasteiger partial charge in [-0.2, -0.15) is 4.98 Å². The molecule has 0 radical (unpaired) electrons. The Morgan fingerprint density at radius 1 is 0.897 bits per heavy atom. The van der Waals surface area contributed by atoms with Crippen LogP contribution >= 0.6 is 0 Å². The lowest BCUT2D eigenvalue weighted by Gasteiger charge is -2.38. The minimum atomic E-state index is -0.376. The zero-order valence-electron chi connectivity index (χ0n) is 17.2.